The summed E-state index contributed by atoms with van der Waals surface area (Å²) < 4.78 is 35.2. The number of nitrogens with one attached hydrogen (secondary N) is 1. The molecule has 5 rings (SSSR count). The third kappa shape index (κ3) is 3.91. The molecule has 1 amide bonds. The SMILES string of the molecule is Cc1ccc(S(=O)(=O)n2ccc3c2ncc2ncn([C@H]4C[C@@H](NC(=O)OC(C)(C)C)C4)c23)cc1. The van der Waals surface area contributed by atoms with E-state index in [9.17, 15) is 13.2 Å². The van der Waals surface area contributed by atoms with Crippen molar-refractivity contribution in [1.82, 2.24) is 23.8 Å². The smallest absolute Gasteiger partial charge is 0.407 e. The van der Waals surface area contributed by atoms with Crippen molar-refractivity contribution in [3.05, 3.63) is 54.6 Å². The van der Waals surface area contributed by atoms with Crippen molar-refractivity contribution in [2.24, 2.45) is 0 Å². The van der Waals surface area contributed by atoms with Gasteiger partial charge in [-0.25, -0.2) is 27.2 Å². The molecule has 178 valence electrons. The van der Waals surface area contributed by atoms with Gasteiger partial charge in [0.15, 0.2) is 5.65 Å². The van der Waals surface area contributed by atoms with Gasteiger partial charge < -0.3 is 14.6 Å². The zero-order valence-corrected chi connectivity index (χ0v) is 20.3. The Labute approximate surface area is 197 Å². The monoisotopic (exact) mass is 481 g/mol. The molecule has 0 spiro atoms. The fourth-order valence-corrected chi connectivity index (χ4v) is 5.59. The maximum Gasteiger partial charge on any atom is 0.407 e. The number of nitrogens with zero attached hydrogens (tertiary/aromatic N) is 4. The van der Waals surface area contributed by atoms with Gasteiger partial charge in [-0.15, -0.1) is 0 Å². The molecule has 10 heteroatoms. The topological polar surface area (TPSA) is 108 Å². The minimum absolute atomic E-state index is 0.0149. The van der Waals surface area contributed by atoms with Gasteiger partial charge >= 0.3 is 6.09 Å². The third-order valence-electron chi connectivity index (χ3n) is 6.02. The molecule has 1 aliphatic carbocycles. The number of rotatable bonds is 4. The first-order valence-electron chi connectivity index (χ1n) is 11.2. The summed E-state index contributed by atoms with van der Waals surface area (Å²) in [4.78, 5) is 21.2. The quantitative estimate of drug-likeness (QED) is 0.469. The molecule has 3 heterocycles. The molecule has 0 bridgehead atoms. The van der Waals surface area contributed by atoms with Gasteiger partial charge in [-0.05, 0) is 58.7 Å². The highest BCUT2D eigenvalue weighted by Gasteiger charge is 2.34. The Morgan fingerprint density at radius 2 is 1.82 bits per heavy atom. The molecule has 1 aliphatic rings. The molecule has 0 atom stereocenters. The van der Waals surface area contributed by atoms with E-state index in [2.05, 4.69) is 19.9 Å². The molecule has 0 aliphatic heterocycles. The fraction of sp³-hybridized carbons (Fsp3) is 0.375. The van der Waals surface area contributed by atoms with E-state index in [1.807, 2.05) is 27.7 Å². The van der Waals surface area contributed by atoms with Gasteiger partial charge in [0, 0.05) is 23.7 Å². The van der Waals surface area contributed by atoms with Crippen LogP contribution in [0.15, 0.2) is 53.9 Å². The molecule has 0 radical (unpaired) electrons. The van der Waals surface area contributed by atoms with Crippen LogP contribution in [0.25, 0.3) is 22.1 Å². The first-order valence-corrected chi connectivity index (χ1v) is 12.6. The zero-order valence-electron chi connectivity index (χ0n) is 19.5. The van der Waals surface area contributed by atoms with E-state index < -0.39 is 21.7 Å². The number of fused-ring (bicyclic) bond motifs is 3. The Balaban J connectivity index is 1.44. The second-order valence-corrected chi connectivity index (χ2v) is 11.6. The van der Waals surface area contributed by atoms with E-state index in [0.717, 1.165) is 23.9 Å². The predicted molar refractivity (Wildman–Crippen MR) is 128 cm³/mol. The molecule has 0 saturated heterocycles. The minimum Gasteiger partial charge on any atom is -0.444 e. The second kappa shape index (κ2) is 7.83. The first kappa shape index (κ1) is 22.4. The summed E-state index contributed by atoms with van der Waals surface area (Å²) in [6.07, 6.45) is 5.94. The Kier molecular flexibility index (Phi) is 5.16. The average Bonchev–Trinajstić information content (AvgIpc) is 3.33. The summed E-state index contributed by atoms with van der Waals surface area (Å²) in [7, 11) is -3.79. The van der Waals surface area contributed by atoms with Crippen molar-refractivity contribution in [3.63, 3.8) is 0 Å². The average molecular weight is 482 g/mol. The minimum atomic E-state index is -3.79. The van der Waals surface area contributed by atoms with E-state index in [1.54, 1.807) is 42.9 Å². The van der Waals surface area contributed by atoms with Crippen molar-refractivity contribution in [3.8, 4) is 0 Å². The first-order chi connectivity index (χ1) is 16.0. The van der Waals surface area contributed by atoms with E-state index in [1.165, 1.54) is 10.2 Å². The summed E-state index contributed by atoms with van der Waals surface area (Å²) in [5.74, 6) is 0. The Hall–Kier alpha value is -3.40. The summed E-state index contributed by atoms with van der Waals surface area (Å²) in [5.41, 5.74) is 2.33. The maximum atomic E-state index is 13.3. The highest BCUT2D eigenvalue weighted by atomic mass is 32.2. The van der Waals surface area contributed by atoms with Crippen molar-refractivity contribution in [1.29, 1.82) is 0 Å². The molecule has 4 aromatic rings. The summed E-state index contributed by atoms with van der Waals surface area (Å²) in [6.45, 7) is 7.41. The highest BCUT2D eigenvalue weighted by molar-refractivity contribution is 7.90. The van der Waals surface area contributed by atoms with E-state index in [4.69, 9.17) is 4.74 Å². The molecule has 1 saturated carbocycles. The van der Waals surface area contributed by atoms with Crippen molar-refractivity contribution in [2.45, 2.75) is 63.1 Å². The van der Waals surface area contributed by atoms with Crippen molar-refractivity contribution >= 4 is 38.2 Å². The number of amides is 1. The van der Waals surface area contributed by atoms with Crippen LogP contribution >= 0.6 is 0 Å². The van der Waals surface area contributed by atoms with Gasteiger partial charge in [0.05, 0.1) is 22.9 Å². The van der Waals surface area contributed by atoms with Gasteiger partial charge in [-0.3, -0.25) is 0 Å². The van der Waals surface area contributed by atoms with Crippen LogP contribution in [0.1, 0.15) is 45.2 Å². The third-order valence-corrected chi connectivity index (χ3v) is 7.70. The van der Waals surface area contributed by atoms with Crippen LogP contribution in [0.3, 0.4) is 0 Å². The number of pyridine rings is 1. The molecule has 34 heavy (non-hydrogen) atoms. The number of imidazole rings is 1. The Morgan fingerprint density at radius 1 is 1.12 bits per heavy atom. The number of aromatic nitrogens is 4. The number of carbonyl (C=O) groups excluding carboxylic acids is 1. The Bertz CT molecular complexity index is 1490. The van der Waals surface area contributed by atoms with E-state index in [0.29, 0.717) is 16.6 Å². The molecule has 1 aromatic carbocycles. The lowest BCUT2D eigenvalue weighted by molar-refractivity contribution is 0.0457. The van der Waals surface area contributed by atoms with Gasteiger partial charge in [-0.1, -0.05) is 17.7 Å². The standard InChI is InChI=1S/C24H27N5O4S/c1-15-5-7-18(8-6-15)34(31,32)29-10-9-19-21-20(13-25-22(19)29)26-14-28(21)17-11-16(12-17)27-23(30)33-24(2,3)4/h5-10,13-14,16-17H,11-12H2,1-4H3,(H,27,30)/t16-,17+. The van der Waals surface area contributed by atoms with Crippen LogP contribution in [0.2, 0.25) is 0 Å². The molecular weight excluding hydrogens is 454 g/mol. The number of hydrogen-bond acceptors (Lipinski definition) is 6. The largest absolute Gasteiger partial charge is 0.444 e. The number of benzene rings is 1. The second-order valence-electron chi connectivity index (χ2n) is 9.78. The van der Waals surface area contributed by atoms with Gasteiger partial charge in [-0.2, -0.15) is 0 Å². The lowest BCUT2D eigenvalue weighted by Crippen LogP contribution is -2.46. The number of aryl methyl sites for hydroxylation is 1. The molecular formula is C24H27N5O4S. The van der Waals surface area contributed by atoms with Crippen molar-refractivity contribution in [2.75, 3.05) is 0 Å². The molecule has 1 N–H and O–H groups in total. The molecule has 0 unspecified atom stereocenters. The zero-order chi connectivity index (χ0) is 24.3. The van der Waals surface area contributed by atoms with Crippen LogP contribution < -0.4 is 5.32 Å². The summed E-state index contributed by atoms with van der Waals surface area (Å²) in [6, 6.07) is 8.67. The Morgan fingerprint density at radius 3 is 2.50 bits per heavy atom. The lowest BCUT2D eigenvalue weighted by atomic mass is 9.86. The van der Waals surface area contributed by atoms with Crippen LogP contribution in [0, 0.1) is 6.92 Å². The predicted octanol–water partition coefficient (Wildman–Crippen LogP) is 4.16. The lowest BCUT2D eigenvalue weighted by Gasteiger charge is -2.37. The van der Waals surface area contributed by atoms with Gasteiger partial charge in [0.25, 0.3) is 10.0 Å². The molecule has 9 nitrogen and oxygen atoms in total. The van der Waals surface area contributed by atoms with E-state index in [-0.39, 0.29) is 17.0 Å². The van der Waals surface area contributed by atoms with Gasteiger partial charge in [0.1, 0.15) is 11.1 Å². The fourth-order valence-electron chi connectivity index (χ4n) is 4.29. The maximum absolute atomic E-state index is 13.3. The van der Waals surface area contributed by atoms with Crippen molar-refractivity contribution < 1.29 is 17.9 Å². The molecule has 3 aromatic heterocycles. The number of hydrogen-bond donors (Lipinski definition) is 1. The van der Waals surface area contributed by atoms with Crippen LogP contribution in [-0.2, 0) is 14.8 Å². The normalized spacial score (nSPS) is 18.7. The summed E-state index contributed by atoms with van der Waals surface area (Å²) >= 11 is 0. The number of carbonyl (C=O) groups is 1. The summed E-state index contributed by atoms with van der Waals surface area (Å²) in [5, 5.41) is 3.62. The highest BCUT2D eigenvalue weighted by Crippen LogP contribution is 2.37. The van der Waals surface area contributed by atoms with Crippen LogP contribution in [0.5, 0.6) is 0 Å². The van der Waals surface area contributed by atoms with Crippen LogP contribution in [-0.4, -0.2) is 44.7 Å². The van der Waals surface area contributed by atoms with Crippen LogP contribution in [0.4, 0.5) is 4.79 Å². The number of ether oxygens (including phenoxy) is 1. The van der Waals surface area contributed by atoms with Gasteiger partial charge in [0.2, 0.25) is 0 Å². The number of alkyl carbamates (subject to hydrolysis) is 1. The molecule has 1 fully saturated rings. The van der Waals surface area contributed by atoms with E-state index >= 15 is 0 Å².